The Labute approximate surface area is 115 Å². The Morgan fingerprint density at radius 1 is 1.47 bits per heavy atom. The monoisotopic (exact) mass is 264 g/mol. The van der Waals surface area contributed by atoms with Gasteiger partial charge in [0, 0.05) is 13.1 Å². The van der Waals surface area contributed by atoms with Crippen LogP contribution in [0.2, 0.25) is 0 Å². The third kappa shape index (κ3) is 4.06. The van der Waals surface area contributed by atoms with Crippen LogP contribution in [0.5, 0.6) is 5.88 Å². The summed E-state index contributed by atoms with van der Waals surface area (Å²) in [6.07, 6.45) is 7.01. The zero-order valence-corrected chi connectivity index (χ0v) is 11.9. The maximum absolute atomic E-state index is 5.55. The van der Waals surface area contributed by atoms with E-state index < -0.39 is 0 Å². The fraction of sp³-hybridized carbons (Fsp3) is 0.714. The highest BCUT2D eigenvalue weighted by atomic mass is 16.5. The maximum Gasteiger partial charge on any atom is 0.234 e. The second kappa shape index (κ2) is 7.28. The SMILES string of the molecule is CCCOc1cncc(N2CCCC(CNC)C2)n1. The molecule has 0 bridgehead atoms. The zero-order chi connectivity index (χ0) is 13.5. The third-order valence-electron chi connectivity index (χ3n) is 3.39. The fourth-order valence-corrected chi connectivity index (χ4v) is 2.50. The summed E-state index contributed by atoms with van der Waals surface area (Å²) in [5, 5.41) is 3.26. The largest absolute Gasteiger partial charge is 0.477 e. The van der Waals surface area contributed by atoms with Gasteiger partial charge in [-0.25, -0.2) is 0 Å². The number of nitrogens with zero attached hydrogens (tertiary/aromatic N) is 3. The van der Waals surface area contributed by atoms with Gasteiger partial charge in [0.2, 0.25) is 5.88 Å². The van der Waals surface area contributed by atoms with E-state index in [0.717, 1.165) is 31.9 Å². The standard InChI is InChI=1S/C14H24N4O/c1-3-7-19-14-10-16-9-13(17-14)18-6-4-5-12(11-18)8-15-2/h9-10,12,15H,3-8,11H2,1-2H3. The third-order valence-corrected chi connectivity index (χ3v) is 3.39. The van der Waals surface area contributed by atoms with Gasteiger partial charge >= 0.3 is 0 Å². The molecule has 0 saturated carbocycles. The number of aromatic nitrogens is 2. The predicted octanol–water partition coefficient (Wildman–Crippen LogP) is 1.70. The first-order chi connectivity index (χ1) is 9.33. The summed E-state index contributed by atoms with van der Waals surface area (Å²) < 4.78 is 5.55. The summed E-state index contributed by atoms with van der Waals surface area (Å²) in [5.41, 5.74) is 0. The predicted molar refractivity (Wildman–Crippen MR) is 76.7 cm³/mol. The fourth-order valence-electron chi connectivity index (χ4n) is 2.50. The second-order valence-corrected chi connectivity index (χ2v) is 5.08. The lowest BCUT2D eigenvalue weighted by Gasteiger charge is -2.33. The molecule has 1 atom stereocenters. The van der Waals surface area contributed by atoms with Gasteiger partial charge < -0.3 is 15.0 Å². The molecule has 1 unspecified atom stereocenters. The molecular formula is C14H24N4O. The van der Waals surface area contributed by atoms with Crippen molar-refractivity contribution in [2.45, 2.75) is 26.2 Å². The minimum atomic E-state index is 0.634. The normalized spacial score (nSPS) is 19.5. The van der Waals surface area contributed by atoms with E-state index in [9.17, 15) is 0 Å². The highest BCUT2D eigenvalue weighted by Gasteiger charge is 2.20. The van der Waals surface area contributed by atoms with Gasteiger partial charge in [-0.15, -0.1) is 0 Å². The smallest absolute Gasteiger partial charge is 0.234 e. The molecule has 106 valence electrons. The van der Waals surface area contributed by atoms with E-state index in [0.29, 0.717) is 18.4 Å². The molecule has 0 aliphatic carbocycles. The van der Waals surface area contributed by atoms with Crippen LogP contribution in [-0.4, -0.2) is 43.3 Å². The van der Waals surface area contributed by atoms with E-state index in [1.165, 1.54) is 12.8 Å². The summed E-state index contributed by atoms with van der Waals surface area (Å²) in [6, 6.07) is 0. The first-order valence-corrected chi connectivity index (χ1v) is 7.18. The zero-order valence-electron chi connectivity index (χ0n) is 11.9. The molecule has 0 spiro atoms. The van der Waals surface area contributed by atoms with Crippen molar-refractivity contribution in [2.24, 2.45) is 5.92 Å². The van der Waals surface area contributed by atoms with Crippen LogP contribution in [0.1, 0.15) is 26.2 Å². The Bertz CT molecular complexity index is 383. The van der Waals surface area contributed by atoms with E-state index in [1.54, 1.807) is 6.20 Å². The molecular weight excluding hydrogens is 240 g/mol. The molecule has 1 aliphatic heterocycles. The van der Waals surface area contributed by atoms with Crippen molar-refractivity contribution in [1.82, 2.24) is 15.3 Å². The Morgan fingerprint density at radius 3 is 3.16 bits per heavy atom. The molecule has 5 heteroatoms. The van der Waals surface area contributed by atoms with Crippen LogP contribution < -0.4 is 15.0 Å². The van der Waals surface area contributed by atoms with Crippen molar-refractivity contribution < 1.29 is 4.74 Å². The van der Waals surface area contributed by atoms with Gasteiger partial charge in [-0.1, -0.05) is 6.92 Å². The highest BCUT2D eigenvalue weighted by Crippen LogP contribution is 2.22. The van der Waals surface area contributed by atoms with Crippen molar-refractivity contribution in [3.05, 3.63) is 12.4 Å². The van der Waals surface area contributed by atoms with Gasteiger partial charge in [-0.2, -0.15) is 4.98 Å². The Morgan fingerprint density at radius 2 is 2.37 bits per heavy atom. The lowest BCUT2D eigenvalue weighted by Crippen LogP contribution is -2.39. The molecule has 1 aromatic heterocycles. The van der Waals surface area contributed by atoms with E-state index in [-0.39, 0.29) is 0 Å². The molecule has 0 amide bonds. The number of nitrogens with one attached hydrogen (secondary N) is 1. The molecule has 1 aromatic rings. The van der Waals surface area contributed by atoms with Crippen LogP contribution in [0.15, 0.2) is 12.4 Å². The van der Waals surface area contributed by atoms with E-state index in [4.69, 9.17) is 4.74 Å². The molecule has 1 fully saturated rings. The summed E-state index contributed by atoms with van der Waals surface area (Å²) in [5.74, 6) is 2.27. The minimum absolute atomic E-state index is 0.634. The van der Waals surface area contributed by atoms with Crippen molar-refractivity contribution in [2.75, 3.05) is 38.2 Å². The first-order valence-electron chi connectivity index (χ1n) is 7.18. The average molecular weight is 264 g/mol. The van der Waals surface area contributed by atoms with E-state index >= 15 is 0 Å². The number of hydrogen-bond acceptors (Lipinski definition) is 5. The molecule has 2 rings (SSSR count). The van der Waals surface area contributed by atoms with Crippen LogP contribution >= 0.6 is 0 Å². The van der Waals surface area contributed by atoms with Crippen molar-refractivity contribution in [1.29, 1.82) is 0 Å². The molecule has 1 N–H and O–H groups in total. The molecule has 1 saturated heterocycles. The molecule has 19 heavy (non-hydrogen) atoms. The lowest BCUT2D eigenvalue weighted by molar-refractivity contribution is 0.303. The van der Waals surface area contributed by atoms with Crippen LogP contribution in [0.25, 0.3) is 0 Å². The Hall–Kier alpha value is -1.36. The topological polar surface area (TPSA) is 50.3 Å². The number of anilines is 1. The number of piperidine rings is 1. The molecule has 0 radical (unpaired) electrons. The van der Waals surface area contributed by atoms with Gasteiger partial charge in [-0.3, -0.25) is 4.98 Å². The van der Waals surface area contributed by atoms with Crippen molar-refractivity contribution >= 4 is 5.82 Å². The van der Waals surface area contributed by atoms with Gasteiger partial charge in [0.1, 0.15) is 0 Å². The van der Waals surface area contributed by atoms with Gasteiger partial charge in [0.25, 0.3) is 0 Å². The Balaban J connectivity index is 1.99. The number of rotatable bonds is 6. The van der Waals surface area contributed by atoms with Gasteiger partial charge in [0.15, 0.2) is 5.82 Å². The number of ether oxygens (including phenoxy) is 1. The van der Waals surface area contributed by atoms with Crippen LogP contribution in [0.3, 0.4) is 0 Å². The summed E-state index contributed by atoms with van der Waals surface area (Å²) in [6.45, 7) is 5.96. The Kier molecular flexibility index (Phi) is 5.39. The average Bonchev–Trinajstić information content (AvgIpc) is 2.46. The van der Waals surface area contributed by atoms with Crippen molar-refractivity contribution in [3.8, 4) is 5.88 Å². The highest BCUT2D eigenvalue weighted by molar-refractivity contribution is 5.38. The lowest BCUT2D eigenvalue weighted by atomic mass is 9.98. The van der Waals surface area contributed by atoms with Crippen LogP contribution in [0, 0.1) is 5.92 Å². The first kappa shape index (κ1) is 14.1. The van der Waals surface area contributed by atoms with Gasteiger partial charge in [0.05, 0.1) is 19.0 Å². The summed E-state index contributed by atoms with van der Waals surface area (Å²) in [7, 11) is 2.01. The molecule has 5 nitrogen and oxygen atoms in total. The molecule has 2 heterocycles. The van der Waals surface area contributed by atoms with Crippen LogP contribution in [0.4, 0.5) is 5.82 Å². The number of hydrogen-bond donors (Lipinski definition) is 1. The van der Waals surface area contributed by atoms with Crippen LogP contribution in [-0.2, 0) is 0 Å². The van der Waals surface area contributed by atoms with E-state index in [2.05, 4.69) is 27.1 Å². The van der Waals surface area contributed by atoms with E-state index in [1.807, 2.05) is 13.2 Å². The molecule has 0 aromatic carbocycles. The maximum atomic E-state index is 5.55. The minimum Gasteiger partial charge on any atom is -0.477 e. The molecule has 1 aliphatic rings. The summed E-state index contributed by atoms with van der Waals surface area (Å²) >= 11 is 0. The summed E-state index contributed by atoms with van der Waals surface area (Å²) in [4.78, 5) is 11.1. The second-order valence-electron chi connectivity index (χ2n) is 5.08. The quantitative estimate of drug-likeness (QED) is 0.847. The van der Waals surface area contributed by atoms with Gasteiger partial charge in [-0.05, 0) is 38.8 Å². The van der Waals surface area contributed by atoms with Crippen molar-refractivity contribution in [3.63, 3.8) is 0 Å².